The molecule has 0 saturated heterocycles. The molecular weight excluding hydrogens is 547 g/mol. The number of benzene rings is 2. The first kappa shape index (κ1) is 27.4. The average molecular weight is 570 g/mol. The number of aromatic nitrogens is 3. The molecule has 4 rings (SSSR count). The number of para-hydroxylation sites is 1. The Kier molecular flexibility index (Phi) is 8.55. The van der Waals surface area contributed by atoms with E-state index in [4.69, 9.17) is 26.7 Å². The fourth-order valence-corrected chi connectivity index (χ4v) is 5.91. The predicted molar refractivity (Wildman–Crippen MR) is 148 cm³/mol. The minimum Gasteiger partial charge on any atom is -0.465 e. The van der Waals surface area contributed by atoms with Crippen molar-refractivity contribution in [2.24, 2.45) is 0 Å². The van der Waals surface area contributed by atoms with Crippen LogP contribution in [0.4, 0.5) is 0 Å². The van der Waals surface area contributed by atoms with Crippen LogP contribution in [0.3, 0.4) is 0 Å². The van der Waals surface area contributed by atoms with Crippen LogP contribution in [0.2, 0.25) is 0 Å². The highest BCUT2D eigenvalue weighted by Crippen LogP contribution is 2.30. The largest absolute Gasteiger partial charge is 0.465 e. The highest BCUT2D eigenvalue weighted by Gasteiger charge is 2.30. The van der Waals surface area contributed by atoms with Crippen LogP contribution < -0.4 is 5.56 Å². The Bertz CT molecular complexity index is 1620. The van der Waals surface area contributed by atoms with Gasteiger partial charge in [0.05, 0.1) is 24.5 Å². The Labute approximate surface area is 231 Å². The molecule has 0 aliphatic carbocycles. The number of esters is 2. The van der Waals surface area contributed by atoms with Crippen molar-refractivity contribution >= 4 is 63.4 Å². The molecule has 0 saturated carbocycles. The fraction of sp³-hybridized carbons (Fsp3) is 0.231. The summed E-state index contributed by atoms with van der Waals surface area (Å²) in [6.45, 7) is 5.02. The SMILES string of the molecule is CCOC(=O)c1ccc(-n2c(=S)sc3c(=O)n(-c4ccccc4)c(S[C@H](C(C)=O)C(=O)OCC)nc32)cc1. The summed E-state index contributed by atoms with van der Waals surface area (Å²) in [5, 5.41) is -1.08. The number of rotatable bonds is 9. The predicted octanol–water partition coefficient (Wildman–Crippen LogP) is 4.76. The number of carbonyl (C=O) groups excluding carboxylic acids is 3. The van der Waals surface area contributed by atoms with Gasteiger partial charge in [0.1, 0.15) is 4.70 Å². The molecule has 38 heavy (non-hydrogen) atoms. The number of thioether (sulfide) groups is 1. The molecule has 0 bridgehead atoms. The molecule has 1 atom stereocenters. The Morgan fingerprint density at radius 1 is 0.974 bits per heavy atom. The average Bonchev–Trinajstić information content (AvgIpc) is 3.24. The van der Waals surface area contributed by atoms with Crippen LogP contribution in [0.5, 0.6) is 0 Å². The van der Waals surface area contributed by atoms with Crippen LogP contribution in [-0.4, -0.2) is 50.3 Å². The van der Waals surface area contributed by atoms with Crippen LogP contribution in [0.1, 0.15) is 31.1 Å². The lowest BCUT2D eigenvalue weighted by Crippen LogP contribution is -2.29. The van der Waals surface area contributed by atoms with Crippen molar-refractivity contribution in [1.82, 2.24) is 14.1 Å². The lowest BCUT2D eigenvalue weighted by Gasteiger charge is -2.16. The fourth-order valence-electron chi connectivity index (χ4n) is 3.63. The van der Waals surface area contributed by atoms with Crippen molar-refractivity contribution in [3.05, 3.63) is 74.5 Å². The van der Waals surface area contributed by atoms with E-state index < -0.39 is 28.5 Å². The maximum absolute atomic E-state index is 13.8. The number of hydrogen-bond acceptors (Lipinski definition) is 10. The Hall–Kier alpha value is -3.61. The molecule has 0 N–H and O–H groups in total. The van der Waals surface area contributed by atoms with E-state index in [2.05, 4.69) is 0 Å². The third kappa shape index (κ3) is 5.47. The van der Waals surface area contributed by atoms with Gasteiger partial charge in [-0.3, -0.25) is 23.5 Å². The Morgan fingerprint density at radius 2 is 1.61 bits per heavy atom. The molecule has 2 aromatic carbocycles. The Morgan fingerprint density at radius 3 is 2.21 bits per heavy atom. The van der Waals surface area contributed by atoms with Crippen molar-refractivity contribution in [1.29, 1.82) is 0 Å². The normalized spacial score (nSPS) is 11.8. The molecule has 196 valence electrons. The van der Waals surface area contributed by atoms with E-state index >= 15 is 0 Å². The molecular formula is C26H23N3O6S3. The van der Waals surface area contributed by atoms with Gasteiger partial charge in [-0.25, -0.2) is 9.78 Å². The highest BCUT2D eigenvalue weighted by atomic mass is 32.2. The van der Waals surface area contributed by atoms with Crippen molar-refractivity contribution in [2.75, 3.05) is 13.2 Å². The summed E-state index contributed by atoms with van der Waals surface area (Å²) < 4.78 is 13.8. The first-order valence-corrected chi connectivity index (χ1v) is 13.7. The van der Waals surface area contributed by atoms with Gasteiger partial charge in [0, 0.05) is 5.69 Å². The lowest BCUT2D eigenvalue weighted by atomic mass is 10.2. The van der Waals surface area contributed by atoms with E-state index in [0.717, 1.165) is 23.1 Å². The number of ether oxygens (including phenoxy) is 2. The molecule has 2 heterocycles. The zero-order valence-electron chi connectivity index (χ0n) is 20.7. The van der Waals surface area contributed by atoms with E-state index in [-0.39, 0.29) is 24.0 Å². The third-order valence-electron chi connectivity index (χ3n) is 5.32. The summed E-state index contributed by atoms with van der Waals surface area (Å²) >= 11 is 7.54. The van der Waals surface area contributed by atoms with Gasteiger partial charge in [0.2, 0.25) is 0 Å². The summed E-state index contributed by atoms with van der Waals surface area (Å²) in [7, 11) is 0. The van der Waals surface area contributed by atoms with Gasteiger partial charge >= 0.3 is 11.9 Å². The second-order valence-electron chi connectivity index (χ2n) is 7.85. The van der Waals surface area contributed by atoms with Crippen molar-refractivity contribution in [2.45, 2.75) is 31.2 Å². The van der Waals surface area contributed by atoms with Gasteiger partial charge in [-0.15, -0.1) is 0 Å². The van der Waals surface area contributed by atoms with Gasteiger partial charge < -0.3 is 9.47 Å². The number of Topliss-reactive ketones (excluding diaryl/α,β-unsaturated/α-hetero) is 1. The van der Waals surface area contributed by atoms with Gasteiger partial charge in [-0.05, 0) is 69.4 Å². The van der Waals surface area contributed by atoms with Crippen LogP contribution in [0.25, 0.3) is 21.7 Å². The van der Waals surface area contributed by atoms with Crippen molar-refractivity contribution in [3.8, 4) is 11.4 Å². The summed E-state index contributed by atoms with van der Waals surface area (Å²) in [5.41, 5.74) is 1.35. The van der Waals surface area contributed by atoms with Crippen LogP contribution >= 0.6 is 35.3 Å². The molecule has 0 unspecified atom stereocenters. The summed E-state index contributed by atoms with van der Waals surface area (Å²) in [4.78, 5) is 55.6. The van der Waals surface area contributed by atoms with Gasteiger partial charge in [-0.1, -0.05) is 41.3 Å². The van der Waals surface area contributed by atoms with Crippen molar-refractivity contribution in [3.63, 3.8) is 0 Å². The maximum Gasteiger partial charge on any atom is 0.338 e. The van der Waals surface area contributed by atoms with E-state index in [1.165, 1.54) is 11.5 Å². The summed E-state index contributed by atoms with van der Waals surface area (Å²) in [6, 6.07) is 15.4. The quantitative estimate of drug-likeness (QED) is 0.0927. The van der Waals surface area contributed by atoms with Crippen LogP contribution in [0.15, 0.2) is 64.5 Å². The topological polar surface area (TPSA) is 109 Å². The van der Waals surface area contributed by atoms with E-state index in [9.17, 15) is 19.2 Å². The highest BCUT2D eigenvalue weighted by molar-refractivity contribution is 8.01. The minimum atomic E-state index is -1.21. The monoisotopic (exact) mass is 569 g/mol. The smallest absolute Gasteiger partial charge is 0.338 e. The summed E-state index contributed by atoms with van der Waals surface area (Å²) in [5.74, 6) is -1.59. The molecule has 0 radical (unpaired) electrons. The molecule has 0 aliphatic rings. The second-order valence-corrected chi connectivity index (χ2v) is 10.6. The van der Waals surface area contributed by atoms with Crippen LogP contribution in [-0.2, 0) is 19.1 Å². The number of ketones is 1. The molecule has 0 fully saturated rings. The molecule has 2 aromatic heterocycles. The number of thiazole rings is 1. The van der Waals surface area contributed by atoms with E-state index in [1.807, 2.05) is 6.07 Å². The number of carbonyl (C=O) groups is 3. The van der Waals surface area contributed by atoms with Crippen LogP contribution in [0, 0.1) is 3.95 Å². The first-order chi connectivity index (χ1) is 18.3. The molecule has 9 nitrogen and oxygen atoms in total. The lowest BCUT2D eigenvalue weighted by molar-refractivity contribution is -0.144. The van der Waals surface area contributed by atoms with E-state index in [1.54, 1.807) is 66.9 Å². The zero-order chi connectivity index (χ0) is 27.4. The molecule has 0 spiro atoms. The number of nitrogens with zero attached hydrogens (tertiary/aromatic N) is 3. The molecule has 4 aromatic rings. The number of hydrogen-bond donors (Lipinski definition) is 0. The minimum absolute atomic E-state index is 0.104. The standard InChI is InChI=1S/C26H23N3O6S3/c1-4-34-23(32)16-11-13-18(14-12-16)28-21-20(38-26(28)36)22(31)29(17-9-7-6-8-10-17)25(27-21)37-19(15(3)30)24(33)35-5-2/h6-14,19H,4-5H2,1-3H3/t19-/m1/s1. The third-order valence-corrected chi connectivity index (χ3v) is 7.92. The molecule has 0 aliphatic heterocycles. The Balaban J connectivity index is 1.93. The number of fused-ring (bicyclic) bond motifs is 1. The maximum atomic E-state index is 13.8. The second kappa shape index (κ2) is 11.8. The zero-order valence-corrected chi connectivity index (χ0v) is 23.2. The van der Waals surface area contributed by atoms with Crippen molar-refractivity contribution < 1.29 is 23.9 Å². The molecule has 0 amide bonds. The van der Waals surface area contributed by atoms with Gasteiger partial charge in [0.15, 0.2) is 25.8 Å². The summed E-state index contributed by atoms with van der Waals surface area (Å²) in [6.07, 6.45) is 0. The molecule has 12 heteroatoms. The van der Waals surface area contributed by atoms with E-state index in [0.29, 0.717) is 25.6 Å². The first-order valence-electron chi connectivity index (χ1n) is 11.6. The van der Waals surface area contributed by atoms with Gasteiger partial charge in [-0.2, -0.15) is 0 Å². The van der Waals surface area contributed by atoms with Gasteiger partial charge in [0.25, 0.3) is 5.56 Å².